The minimum atomic E-state index is -1.02. The number of aromatic nitrogens is 1. The maximum atomic E-state index is 9.47. The van der Waals surface area contributed by atoms with Gasteiger partial charge >= 0.3 is 0 Å². The number of rotatable bonds is 4. The van der Waals surface area contributed by atoms with Crippen molar-refractivity contribution >= 4 is 0 Å². The van der Waals surface area contributed by atoms with Crippen LogP contribution in [0.15, 0.2) is 16.9 Å². The van der Waals surface area contributed by atoms with Crippen molar-refractivity contribution in [3.63, 3.8) is 0 Å². The Morgan fingerprint density at radius 2 is 2.64 bits per heavy atom. The summed E-state index contributed by atoms with van der Waals surface area (Å²) in [6, 6.07) is 1.57. The Hall–Kier alpha value is -0.910. The number of ether oxygens (including phenoxy) is 2. The molecule has 0 amide bonds. The predicted molar refractivity (Wildman–Crippen MR) is 46.4 cm³/mol. The van der Waals surface area contributed by atoms with Crippen LogP contribution in [0.3, 0.4) is 0 Å². The zero-order chi connectivity index (χ0) is 9.80. The topological polar surface area (TPSA) is 64.7 Å². The summed E-state index contributed by atoms with van der Waals surface area (Å²) in [7, 11) is 0. The minimum absolute atomic E-state index is 0.108. The van der Waals surface area contributed by atoms with Crippen molar-refractivity contribution in [2.75, 3.05) is 13.2 Å². The molecular weight excluding hydrogens is 186 g/mol. The van der Waals surface area contributed by atoms with Crippen LogP contribution >= 0.6 is 0 Å². The molecule has 5 nitrogen and oxygen atoms in total. The third-order valence-corrected chi connectivity index (χ3v) is 2.17. The van der Waals surface area contributed by atoms with Crippen molar-refractivity contribution in [1.29, 1.82) is 0 Å². The Morgan fingerprint density at radius 3 is 3.29 bits per heavy atom. The Balaban J connectivity index is 1.74. The molecule has 0 aromatic carbocycles. The minimum Gasteiger partial charge on any atom is -0.376 e. The molecule has 5 heteroatoms. The molecule has 78 valence electrons. The van der Waals surface area contributed by atoms with E-state index in [2.05, 4.69) is 9.68 Å². The lowest BCUT2D eigenvalue weighted by Gasteiger charge is -2.12. The van der Waals surface area contributed by atoms with Gasteiger partial charge < -0.3 is 19.1 Å². The van der Waals surface area contributed by atoms with Gasteiger partial charge in [0, 0.05) is 12.7 Å². The van der Waals surface area contributed by atoms with E-state index in [1.807, 2.05) is 0 Å². The first-order chi connectivity index (χ1) is 6.86. The zero-order valence-electron chi connectivity index (χ0n) is 7.76. The van der Waals surface area contributed by atoms with Crippen LogP contribution in [-0.2, 0) is 9.47 Å². The van der Waals surface area contributed by atoms with Crippen molar-refractivity contribution in [2.45, 2.75) is 25.2 Å². The van der Waals surface area contributed by atoms with Gasteiger partial charge in [0.15, 0.2) is 0 Å². The van der Waals surface area contributed by atoms with Crippen LogP contribution in [0.4, 0.5) is 0 Å². The van der Waals surface area contributed by atoms with E-state index in [4.69, 9.17) is 9.47 Å². The normalized spacial score (nSPS) is 23.9. The van der Waals surface area contributed by atoms with Crippen LogP contribution in [0, 0.1) is 0 Å². The van der Waals surface area contributed by atoms with E-state index < -0.39 is 6.29 Å². The van der Waals surface area contributed by atoms with E-state index in [9.17, 15) is 5.11 Å². The van der Waals surface area contributed by atoms with Gasteiger partial charge in [0.05, 0.1) is 12.7 Å². The fourth-order valence-electron chi connectivity index (χ4n) is 1.41. The first kappa shape index (κ1) is 9.64. The average Bonchev–Trinajstić information content (AvgIpc) is 2.87. The molecule has 0 bridgehead atoms. The molecule has 1 aromatic heterocycles. The lowest BCUT2D eigenvalue weighted by Crippen LogP contribution is -2.16. The quantitative estimate of drug-likeness (QED) is 0.728. The van der Waals surface area contributed by atoms with Gasteiger partial charge in [-0.2, -0.15) is 0 Å². The van der Waals surface area contributed by atoms with Crippen LogP contribution in [-0.4, -0.2) is 29.6 Å². The van der Waals surface area contributed by atoms with Gasteiger partial charge in [-0.25, -0.2) is 0 Å². The highest BCUT2D eigenvalue weighted by molar-refractivity contribution is 4.96. The van der Waals surface area contributed by atoms with E-state index in [1.54, 1.807) is 6.07 Å². The summed E-state index contributed by atoms with van der Waals surface area (Å²) in [4.78, 5) is 0. The standard InChI is InChI=1S/C9H13NO4/c11-9(8-3-5-14-10-8)13-6-7-2-1-4-12-7/h3,5,7,9,11H,1-2,4,6H2. The SMILES string of the molecule is OC(OCC1CCCO1)c1ccon1. The molecule has 1 aliphatic rings. The molecule has 0 saturated carbocycles. The average molecular weight is 199 g/mol. The van der Waals surface area contributed by atoms with Gasteiger partial charge in [-0.05, 0) is 12.8 Å². The third-order valence-electron chi connectivity index (χ3n) is 2.17. The number of hydrogen-bond acceptors (Lipinski definition) is 5. The third kappa shape index (κ3) is 2.31. The second-order valence-electron chi connectivity index (χ2n) is 3.25. The largest absolute Gasteiger partial charge is 0.376 e. The van der Waals surface area contributed by atoms with Crippen molar-refractivity contribution in [3.8, 4) is 0 Å². The van der Waals surface area contributed by atoms with Crippen molar-refractivity contribution in [1.82, 2.24) is 5.16 Å². The van der Waals surface area contributed by atoms with Crippen molar-refractivity contribution < 1.29 is 19.1 Å². The molecule has 2 atom stereocenters. The van der Waals surface area contributed by atoms with Gasteiger partial charge in [-0.1, -0.05) is 5.16 Å². The van der Waals surface area contributed by atoms with E-state index in [0.29, 0.717) is 12.3 Å². The summed E-state index contributed by atoms with van der Waals surface area (Å²) in [6.07, 6.45) is 2.54. The summed E-state index contributed by atoms with van der Waals surface area (Å²) in [6.45, 7) is 1.18. The summed E-state index contributed by atoms with van der Waals surface area (Å²) in [5.41, 5.74) is 0.392. The Morgan fingerprint density at radius 1 is 1.71 bits per heavy atom. The fraction of sp³-hybridized carbons (Fsp3) is 0.667. The van der Waals surface area contributed by atoms with Crippen LogP contribution < -0.4 is 0 Å². The molecule has 1 aromatic rings. The lowest BCUT2D eigenvalue weighted by atomic mass is 10.2. The number of hydrogen-bond donors (Lipinski definition) is 1. The van der Waals surface area contributed by atoms with Crippen LogP contribution in [0.25, 0.3) is 0 Å². The maximum Gasteiger partial charge on any atom is 0.202 e. The summed E-state index contributed by atoms with van der Waals surface area (Å²) >= 11 is 0. The van der Waals surface area contributed by atoms with Crippen LogP contribution in [0.2, 0.25) is 0 Å². The lowest BCUT2D eigenvalue weighted by molar-refractivity contribution is -0.130. The molecule has 14 heavy (non-hydrogen) atoms. The van der Waals surface area contributed by atoms with Gasteiger partial charge in [-0.15, -0.1) is 0 Å². The zero-order valence-corrected chi connectivity index (χ0v) is 7.76. The Labute approximate surface area is 81.6 Å². The molecular formula is C9H13NO4. The first-order valence-corrected chi connectivity index (χ1v) is 4.68. The van der Waals surface area contributed by atoms with E-state index in [1.165, 1.54) is 6.26 Å². The molecule has 2 rings (SSSR count). The summed E-state index contributed by atoms with van der Waals surface area (Å²) < 4.78 is 15.1. The highest BCUT2D eigenvalue weighted by atomic mass is 16.6. The summed E-state index contributed by atoms with van der Waals surface area (Å²) in [5, 5.41) is 13.0. The second kappa shape index (κ2) is 4.54. The molecule has 1 N–H and O–H groups in total. The highest BCUT2D eigenvalue weighted by Crippen LogP contribution is 2.16. The smallest absolute Gasteiger partial charge is 0.202 e. The molecule has 0 spiro atoms. The highest BCUT2D eigenvalue weighted by Gasteiger charge is 2.18. The molecule has 1 fully saturated rings. The maximum absolute atomic E-state index is 9.47. The molecule has 1 saturated heterocycles. The molecule has 0 aliphatic carbocycles. The molecule has 1 aliphatic heterocycles. The van der Waals surface area contributed by atoms with Gasteiger partial charge in [0.25, 0.3) is 0 Å². The van der Waals surface area contributed by atoms with E-state index in [0.717, 1.165) is 19.4 Å². The van der Waals surface area contributed by atoms with Gasteiger partial charge in [0.1, 0.15) is 12.0 Å². The molecule has 0 radical (unpaired) electrons. The van der Waals surface area contributed by atoms with E-state index >= 15 is 0 Å². The first-order valence-electron chi connectivity index (χ1n) is 4.68. The Kier molecular flexibility index (Phi) is 3.13. The number of nitrogens with zero attached hydrogens (tertiary/aromatic N) is 1. The molecule has 2 heterocycles. The number of aliphatic hydroxyl groups excluding tert-OH is 1. The van der Waals surface area contributed by atoms with Crippen molar-refractivity contribution in [2.24, 2.45) is 0 Å². The van der Waals surface area contributed by atoms with Crippen LogP contribution in [0.1, 0.15) is 24.8 Å². The second-order valence-corrected chi connectivity index (χ2v) is 3.25. The number of aliphatic hydroxyl groups is 1. The molecule has 2 unspecified atom stereocenters. The monoisotopic (exact) mass is 199 g/mol. The van der Waals surface area contributed by atoms with Gasteiger partial charge in [0.2, 0.25) is 6.29 Å². The van der Waals surface area contributed by atoms with Crippen molar-refractivity contribution in [3.05, 3.63) is 18.0 Å². The van der Waals surface area contributed by atoms with E-state index in [-0.39, 0.29) is 6.10 Å². The Bertz CT molecular complexity index is 256. The predicted octanol–water partition coefficient (Wildman–Crippen LogP) is 0.861. The van der Waals surface area contributed by atoms with Crippen LogP contribution in [0.5, 0.6) is 0 Å². The summed E-state index contributed by atoms with van der Waals surface area (Å²) in [5.74, 6) is 0. The van der Waals surface area contributed by atoms with Gasteiger partial charge in [-0.3, -0.25) is 0 Å². The fourth-order valence-corrected chi connectivity index (χ4v) is 1.41.